The van der Waals surface area contributed by atoms with Gasteiger partial charge in [0, 0.05) is 11.4 Å². The number of carbonyl (C=O) groups is 1. The Hall–Kier alpha value is -0.910. The van der Waals surface area contributed by atoms with Gasteiger partial charge < -0.3 is 0 Å². The maximum absolute atomic E-state index is 11.5. The molecule has 4 nitrogen and oxygen atoms in total. The van der Waals surface area contributed by atoms with Gasteiger partial charge in [0.2, 0.25) is 0 Å². The van der Waals surface area contributed by atoms with E-state index in [-0.39, 0.29) is 5.91 Å². The first-order valence-electron chi connectivity index (χ1n) is 6.42. The van der Waals surface area contributed by atoms with Gasteiger partial charge in [0.05, 0.1) is 4.88 Å². The van der Waals surface area contributed by atoms with E-state index >= 15 is 0 Å². The first kappa shape index (κ1) is 13.5. The lowest BCUT2D eigenvalue weighted by molar-refractivity contribution is 0.0957. The fourth-order valence-corrected chi connectivity index (χ4v) is 3.26. The molecule has 3 N–H and O–H groups in total. The zero-order valence-electron chi connectivity index (χ0n) is 11.0. The molecule has 1 aliphatic rings. The fourth-order valence-electron chi connectivity index (χ4n) is 2.32. The predicted octanol–water partition coefficient (Wildman–Crippen LogP) is 1.89. The molecule has 0 radical (unpaired) electrons. The molecule has 5 heteroatoms. The molecule has 0 aromatic carbocycles. The molecule has 1 amide bonds. The van der Waals surface area contributed by atoms with E-state index in [4.69, 9.17) is 5.84 Å². The number of thiophene rings is 1. The highest BCUT2D eigenvalue weighted by Gasteiger charge is 2.18. The van der Waals surface area contributed by atoms with Crippen LogP contribution in [-0.4, -0.2) is 23.9 Å². The minimum Gasteiger partial charge on any atom is -0.299 e. The summed E-state index contributed by atoms with van der Waals surface area (Å²) in [6.07, 6.45) is 2.55. The Bertz CT molecular complexity index is 422. The van der Waals surface area contributed by atoms with Crippen LogP contribution in [0.4, 0.5) is 0 Å². The number of nitrogen functional groups attached to an aromatic ring is 1. The summed E-state index contributed by atoms with van der Waals surface area (Å²) in [4.78, 5) is 15.9. The summed E-state index contributed by atoms with van der Waals surface area (Å²) in [5.74, 6) is 5.82. The van der Waals surface area contributed by atoms with Gasteiger partial charge in [-0.05, 0) is 50.4 Å². The van der Waals surface area contributed by atoms with Crippen LogP contribution in [0.15, 0.2) is 6.07 Å². The topological polar surface area (TPSA) is 58.4 Å². The maximum Gasteiger partial charge on any atom is 0.275 e. The highest BCUT2D eigenvalue weighted by atomic mass is 32.1. The molecule has 0 saturated carbocycles. The quantitative estimate of drug-likeness (QED) is 0.499. The summed E-state index contributed by atoms with van der Waals surface area (Å²) in [6.45, 7) is 7.66. The molecule has 0 bridgehead atoms. The van der Waals surface area contributed by atoms with Crippen LogP contribution in [0.25, 0.3) is 0 Å². The molecule has 0 aliphatic carbocycles. The van der Waals surface area contributed by atoms with Crippen LogP contribution >= 0.6 is 11.3 Å². The Balaban J connectivity index is 2.01. The van der Waals surface area contributed by atoms with Gasteiger partial charge in [-0.3, -0.25) is 15.1 Å². The largest absolute Gasteiger partial charge is 0.299 e. The molecule has 0 spiro atoms. The zero-order chi connectivity index (χ0) is 13.1. The molecule has 0 atom stereocenters. The average molecular weight is 267 g/mol. The summed E-state index contributed by atoms with van der Waals surface area (Å²) < 4.78 is 0. The maximum atomic E-state index is 11.5. The van der Waals surface area contributed by atoms with Crippen molar-refractivity contribution in [1.29, 1.82) is 0 Å². The molecule has 1 fully saturated rings. The number of hydrogen-bond acceptors (Lipinski definition) is 4. The molecule has 0 unspecified atom stereocenters. The molecule has 1 aromatic heterocycles. The van der Waals surface area contributed by atoms with Crippen molar-refractivity contribution in [3.63, 3.8) is 0 Å². The summed E-state index contributed by atoms with van der Waals surface area (Å²) in [6, 6.07) is 1.97. The minimum atomic E-state index is -0.193. The molecule has 100 valence electrons. The Kier molecular flexibility index (Phi) is 4.37. The summed E-state index contributed by atoms with van der Waals surface area (Å²) in [5.41, 5.74) is 3.45. The second-order valence-electron chi connectivity index (χ2n) is 5.12. The lowest BCUT2D eigenvalue weighted by atomic mass is 9.99. The van der Waals surface area contributed by atoms with Crippen LogP contribution in [-0.2, 0) is 6.54 Å². The second kappa shape index (κ2) is 5.82. The first-order valence-corrected chi connectivity index (χ1v) is 7.24. The molecule has 1 aliphatic heterocycles. The SMILES string of the molecule is Cc1sc(C(=O)NN)cc1CN1CCC(C)CC1. The normalized spacial score (nSPS) is 17.9. The number of rotatable bonds is 3. The van der Waals surface area contributed by atoms with Crippen molar-refractivity contribution in [3.05, 3.63) is 21.4 Å². The Labute approximate surface area is 112 Å². The number of hydrogen-bond donors (Lipinski definition) is 2. The van der Waals surface area contributed by atoms with Gasteiger partial charge in [0.1, 0.15) is 0 Å². The number of carbonyl (C=O) groups excluding carboxylic acids is 1. The third-order valence-electron chi connectivity index (χ3n) is 3.65. The Morgan fingerprint density at radius 2 is 2.22 bits per heavy atom. The summed E-state index contributed by atoms with van der Waals surface area (Å²) >= 11 is 1.52. The van der Waals surface area contributed by atoms with Crippen molar-refractivity contribution in [2.75, 3.05) is 13.1 Å². The van der Waals surface area contributed by atoms with E-state index in [0.717, 1.165) is 25.6 Å². The number of nitrogens with one attached hydrogen (secondary N) is 1. The first-order chi connectivity index (χ1) is 8.60. The van der Waals surface area contributed by atoms with Crippen molar-refractivity contribution in [3.8, 4) is 0 Å². The lowest BCUT2D eigenvalue weighted by Gasteiger charge is -2.30. The molecule has 2 rings (SSSR count). The van der Waals surface area contributed by atoms with Crippen LogP contribution in [0, 0.1) is 12.8 Å². The van der Waals surface area contributed by atoms with Gasteiger partial charge in [-0.25, -0.2) is 5.84 Å². The van der Waals surface area contributed by atoms with Crippen molar-refractivity contribution < 1.29 is 4.79 Å². The standard InChI is InChI=1S/C13H21N3OS/c1-9-3-5-16(6-4-9)8-11-7-12(13(17)15-14)18-10(11)2/h7,9H,3-6,8,14H2,1-2H3,(H,15,17). The number of piperidine rings is 1. The van der Waals surface area contributed by atoms with E-state index < -0.39 is 0 Å². The van der Waals surface area contributed by atoms with Crippen LogP contribution in [0.2, 0.25) is 0 Å². The lowest BCUT2D eigenvalue weighted by Crippen LogP contribution is -2.32. The van der Waals surface area contributed by atoms with Crippen molar-refractivity contribution >= 4 is 17.2 Å². The monoisotopic (exact) mass is 267 g/mol. The number of nitrogens with two attached hydrogens (primary N) is 1. The van der Waals surface area contributed by atoms with Crippen molar-refractivity contribution in [2.24, 2.45) is 11.8 Å². The van der Waals surface area contributed by atoms with E-state index in [9.17, 15) is 4.79 Å². The summed E-state index contributed by atoms with van der Waals surface area (Å²) in [5, 5.41) is 0. The Morgan fingerprint density at radius 1 is 1.56 bits per heavy atom. The molecular formula is C13H21N3OS. The van der Waals surface area contributed by atoms with Gasteiger partial charge in [0.15, 0.2) is 0 Å². The van der Waals surface area contributed by atoms with Gasteiger partial charge in [-0.2, -0.15) is 0 Å². The van der Waals surface area contributed by atoms with E-state index in [1.165, 1.54) is 34.6 Å². The van der Waals surface area contributed by atoms with Gasteiger partial charge in [-0.15, -0.1) is 11.3 Å². The van der Waals surface area contributed by atoms with Crippen LogP contribution in [0.3, 0.4) is 0 Å². The van der Waals surface area contributed by atoms with Crippen molar-refractivity contribution in [1.82, 2.24) is 10.3 Å². The van der Waals surface area contributed by atoms with E-state index in [2.05, 4.69) is 24.2 Å². The molecule has 1 saturated heterocycles. The van der Waals surface area contributed by atoms with Crippen LogP contribution in [0.5, 0.6) is 0 Å². The van der Waals surface area contributed by atoms with Crippen LogP contribution in [0.1, 0.15) is 39.9 Å². The number of hydrazine groups is 1. The van der Waals surface area contributed by atoms with E-state index in [1.54, 1.807) is 0 Å². The zero-order valence-corrected chi connectivity index (χ0v) is 11.8. The molecule has 18 heavy (non-hydrogen) atoms. The highest BCUT2D eigenvalue weighted by Crippen LogP contribution is 2.25. The summed E-state index contributed by atoms with van der Waals surface area (Å²) in [7, 11) is 0. The second-order valence-corrected chi connectivity index (χ2v) is 6.38. The average Bonchev–Trinajstić information content (AvgIpc) is 2.73. The highest BCUT2D eigenvalue weighted by molar-refractivity contribution is 7.14. The number of amides is 1. The van der Waals surface area contributed by atoms with Gasteiger partial charge in [-0.1, -0.05) is 6.92 Å². The fraction of sp³-hybridized carbons (Fsp3) is 0.615. The predicted molar refractivity (Wildman–Crippen MR) is 74.4 cm³/mol. The van der Waals surface area contributed by atoms with E-state index in [1.807, 2.05) is 6.07 Å². The molecule has 1 aromatic rings. The number of aryl methyl sites for hydroxylation is 1. The molecular weight excluding hydrogens is 246 g/mol. The number of likely N-dealkylation sites (tertiary alicyclic amines) is 1. The Morgan fingerprint density at radius 3 is 2.83 bits per heavy atom. The van der Waals surface area contributed by atoms with Crippen LogP contribution < -0.4 is 11.3 Å². The van der Waals surface area contributed by atoms with Crippen molar-refractivity contribution in [2.45, 2.75) is 33.2 Å². The van der Waals surface area contributed by atoms with Gasteiger partial charge in [0.25, 0.3) is 5.91 Å². The molecule has 2 heterocycles. The number of nitrogens with zero attached hydrogens (tertiary/aromatic N) is 1. The third-order valence-corrected chi connectivity index (χ3v) is 4.74. The van der Waals surface area contributed by atoms with E-state index in [0.29, 0.717) is 4.88 Å². The third kappa shape index (κ3) is 3.10. The smallest absolute Gasteiger partial charge is 0.275 e. The van der Waals surface area contributed by atoms with Gasteiger partial charge >= 0.3 is 0 Å². The minimum absolute atomic E-state index is 0.193.